The molecule has 2 heterocycles. The molecule has 0 spiro atoms. The highest BCUT2D eigenvalue weighted by Crippen LogP contribution is 2.40. The number of carbonyl (C=O) groups is 1. The van der Waals surface area contributed by atoms with E-state index in [0.29, 0.717) is 34.1 Å². The number of para-hydroxylation sites is 1. The van der Waals surface area contributed by atoms with Crippen LogP contribution in [-0.2, 0) is 11.3 Å². The van der Waals surface area contributed by atoms with Crippen molar-refractivity contribution in [3.8, 4) is 28.4 Å². The zero-order valence-corrected chi connectivity index (χ0v) is 19.1. The maximum atomic E-state index is 13.8. The van der Waals surface area contributed by atoms with Crippen molar-refractivity contribution in [2.75, 3.05) is 21.3 Å². The van der Waals surface area contributed by atoms with Crippen molar-refractivity contribution in [1.82, 2.24) is 4.98 Å². The van der Waals surface area contributed by atoms with E-state index in [1.165, 1.54) is 0 Å². The molecule has 170 valence electrons. The smallest absolute Gasteiger partial charge is 0.230 e. The van der Waals surface area contributed by atoms with Crippen molar-refractivity contribution in [2.24, 2.45) is 0 Å². The monoisotopic (exact) mass is 453 g/mol. The van der Waals surface area contributed by atoms with Crippen LogP contribution >= 0.6 is 0 Å². The lowest BCUT2D eigenvalue weighted by Gasteiger charge is -2.23. The Balaban J connectivity index is 1.68. The van der Waals surface area contributed by atoms with Crippen molar-refractivity contribution >= 4 is 22.8 Å². The second kappa shape index (κ2) is 8.90. The van der Waals surface area contributed by atoms with E-state index in [-0.39, 0.29) is 18.1 Å². The van der Waals surface area contributed by atoms with Crippen molar-refractivity contribution in [1.29, 1.82) is 0 Å². The summed E-state index contributed by atoms with van der Waals surface area (Å²) in [6.45, 7) is 0.196. The Bertz CT molecular complexity index is 1400. The minimum Gasteiger partial charge on any atom is -0.493 e. The Morgan fingerprint density at radius 3 is 2.21 bits per heavy atom. The number of hydrogen-bond acceptors (Lipinski definition) is 6. The number of hydrogen-bond donors (Lipinski definition) is 0. The lowest BCUT2D eigenvalue weighted by atomic mass is 9.90. The fraction of sp³-hybridized carbons (Fsp3) is 0.143. The standard InChI is InChI=1S/C28H23NO5/c1-31-23-14-17(15-24(32-2)28(23)33-3)13-22-27(30)26-21(16-34-22)29-20-12-8-7-11-19(20)25(26)18-9-5-4-6-10-18/h4-15H,16H2,1-3H3/b22-13-. The molecule has 0 saturated heterocycles. The molecule has 6 nitrogen and oxygen atoms in total. The number of ether oxygens (including phenoxy) is 4. The molecule has 0 amide bonds. The predicted octanol–water partition coefficient (Wildman–Crippen LogP) is 5.68. The van der Waals surface area contributed by atoms with E-state index in [9.17, 15) is 4.79 Å². The molecule has 0 radical (unpaired) electrons. The molecule has 1 aliphatic heterocycles. The van der Waals surface area contributed by atoms with Gasteiger partial charge in [0.25, 0.3) is 0 Å². The Hall–Kier alpha value is -4.32. The molecule has 3 aromatic carbocycles. The minimum atomic E-state index is -0.216. The summed E-state index contributed by atoms with van der Waals surface area (Å²) in [6.07, 6.45) is 1.69. The molecule has 0 aliphatic carbocycles. The molecule has 0 unspecified atom stereocenters. The van der Waals surface area contributed by atoms with Gasteiger partial charge in [0.15, 0.2) is 17.3 Å². The van der Waals surface area contributed by atoms with Gasteiger partial charge in [-0.25, -0.2) is 4.98 Å². The number of benzene rings is 3. The molecule has 0 bridgehead atoms. The van der Waals surface area contributed by atoms with Gasteiger partial charge in [0.1, 0.15) is 6.61 Å². The van der Waals surface area contributed by atoms with Crippen LogP contribution in [0.15, 0.2) is 72.5 Å². The highest BCUT2D eigenvalue weighted by atomic mass is 16.5. The summed E-state index contributed by atoms with van der Waals surface area (Å²) in [5.74, 6) is 1.49. The Labute approximate surface area is 197 Å². The third kappa shape index (κ3) is 3.63. The largest absolute Gasteiger partial charge is 0.493 e. The SMILES string of the molecule is COc1cc(/C=C2\OCc3nc4ccccc4c(-c4ccccc4)c3C2=O)cc(OC)c1OC. The number of Topliss-reactive ketones (excluding diaryl/α,β-unsaturated/α-hetero) is 1. The molecular formula is C28H23NO5. The van der Waals surface area contributed by atoms with Crippen molar-refractivity contribution < 1.29 is 23.7 Å². The molecule has 0 fully saturated rings. The number of methoxy groups -OCH3 is 3. The Kier molecular flexibility index (Phi) is 5.64. The molecule has 6 heteroatoms. The zero-order chi connectivity index (χ0) is 23.7. The van der Waals surface area contributed by atoms with Crippen LogP contribution in [0.1, 0.15) is 21.6 Å². The predicted molar refractivity (Wildman–Crippen MR) is 130 cm³/mol. The number of rotatable bonds is 5. The van der Waals surface area contributed by atoms with Gasteiger partial charge in [-0.3, -0.25) is 4.79 Å². The van der Waals surface area contributed by atoms with Crippen LogP contribution in [0.5, 0.6) is 17.2 Å². The first kappa shape index (κ1) is 21.5. The maximum absolute atomic E-state index is 13.8. The summed E-state index contributed by atoms with van der Waals surface area (Å²) in [6, 6.07) is 21.3. The van der Waals surface area contributed by atoms with Crippen LogP contribution < -0.4 is 14.2 Å². The van der Waals surface area contributed by atoms with E-state index in [1.54, 1.807) is 39.5 Å². The number of fused-ring (bicyclic) bond motifs is 2. The first-order chi connectivity index (χ1) is 16.6. The van der Waals surface area contributed by atoms with E-state index in [0.717, 1.165) is 22.0 Å². The molecular weight excluding hydrogens is 430 g/mol. The van der Waals surface area contributed by atoms with Crippen LogP contribution in [0.25, 0.3) is 28.1 Å². The van der Waals surface area contributed by atoms with Crippen LogP contribution in [0.4, 0.5) is 0 Å². The van der Waals surface area contributed by atoms with Gasteiger partial charge in [0, 0.05) is 10.9 Å². The summed E-state index contributed by atoms with van der Waals surface area (Å²) < 4.78 is 22.2. The number of ketones is 1. The summed E-state index contributed by atoms with van der Waals surface area (Å²) in [5, 5.41) is 0.926. The molecule has 0 saturated carbocycles. The number of allylic oxidation sites excluding steroid dienone is 1. The topological polar surface area (TPSA) is 66.9 Å². The highest BCUT2D eigenvalue weighted by molar-refractivity contribution is 6.18. The first-order valence-electron chi connectivity index (χ1n) is 10.8. The molecule has 0 N–H and O–H groups in total. The van der Waals surface area contributed by atoms with Crippen LogP contribution in [0.2, 0.25) is 0 Å². The van der Waals surface area contributed by atoms with Gasteiger partial charge < -0.3 is 18.9 Å². The van der Waals surface area contributed by atoms with E-state index >= 15 is 0 Å². The third-order valence-corrected chi connectivity index (χ3v) is 5.83. The maximum Gasteiger partial charge on any atom is 0.230 e. The van der Waals surface area contributed by atoms with Crippen LogP contribution in [0, 0.1) is 0 Å². The van der Waals surface area contributed by atoms with E-state index in [1.807, 2.05) is 54.6 Å². The van der Waals surface area contributed by atoms with Gasteiger partial charge in [-0.05, 0) is 35.4 Å². The Morgan fingerprint density at radius 1 is 0.853 bits per heavy atom. The summed E-state index contributed by atoms with van der Waals surface area (Å²) in [5.41, 5.74) is 4.54. The molecule has 4 aromatic rings. The summed E-state index contributed by atoms with van der Waals surface area (Å²) in [7, 11) is 4.65. The second-order valence-electron chi connectivity index (χ2n) is 7.78. The van der Waals surface area contributed by atoms with E-state index in [4.69, 9.17) is 23.9 Å². The normalized spacial score (nSPS) is 14.0. The van der Waals surface area contributed by atoms with Crippen molar-refractivity contribution in [2.45, 2.75) is 6.61 Å². The lowest BCUT2D eigenvalue weighted by Crippen LogP contribution is -2.19. The van der Waals surface area contributed by atoms with Gasteiger partial charge in [-0.1, -0.05) is 48.5 Å². The molecule has 0 atom stereocenters. The molecule has 34 heavy (non-hydrogen) atoms. The Morgan fingerprint density at radius 2 is 1.53 bits per heavy atom. The van der Waals surface area contributed by atoms with Gasteiger partial charge in [-0.2, -0.15) is 0 Å². The van der Waals surface area contributed by atoms with Crippen LogP contribution in [-0.4, -0.2) is 32.1 Å². The number of aromatic nitrogens is 1. The summed E-state index contributed by atoms with van der Waals surface area (Å²) >= 11 is 0. The molecule has 1 aliphatic rings. The average molecular weight is 453 g/mol. The zero-order valence-electron chi connectivity index (χ0n) is 19.1. The highest BCUT2D eigenvalue weighted by Gasteiger charge is 2.30. The third-order valence-electron chi connectivity index (χ3n) is 5.83. The van der Waals surface area contributed by atoms with Gasteiger partial charge in [0.05, 0.1) is 38.1 Å². The van der Waals surface area contributed by atoms with Gasteiger partial charge in [0.2, 0.25) is 11.5 Å². The minimum absolute atomic E-state index is 0.196. The van der Waals surface area contributed by atoms with Crippen molar-refractivity contribution in [3.63, 3.8) is 0 Å². The van der Waals surface area contributed by atoms with Crippen molar-refractivity contribution in [3.05, 3.63) is 89.3 Å². The fourth-order valence-electron chi connectivity index (χ4n) is 4.29. The quantitative estimate of drug-likeness (QED) is 0.362. The lowest BCUT2D eigenvalue weighted by molar-refractivity contribution is 0.0867. The fourth-order valence-corrected chi connectivity index (χ4v) is 4.29. The summed E-state index contributed by atoms with van der Waals surface area (Å²) in [4.78, 5) is 18.5. The first-order valence-corrected chi connectivity index (χ1v) is 10.8. The van der Waals surface area contributed by atoms with Gasteiger partial charge in [-0.15, -0.1) is 0 Å². The molecule has 1 aromatic heterocycles. The van der Waals surface area contributed by atoms with E-state index < -0.39 is 0 Å². The number of carbonyl (C=O) groups excluding carboxylic acids is 1. The molecule has 5 rings (SSSR count). The average Bonchev–Trinajstić information content (AvgIpc) is 2.89. The number of pyridine rings is 1. The van der Waals surface area contributed by atoms with Gasteiger partial charge >= 0.3 is 0 Å². The van der Waals surface area contributed by atoms with E-state index in [2.05, 4.69) is 0 Å². The second-order valence-corrected chi connectivity index (χ2v) is 7.78. The van der Waals surface area contributed by atoms with Crippen LogP contribution in [0.3, 0.4) is 0 Å². The number of nitrogens with zero attached hydrogens (tertiary/aromatic N) is 1.